The van der Waals surface area contributed by atoms with Crippen molar-refractivity contribution in [1.82, 2.24) is 0 Å². The van der Waals surface area contributed by atoms with E-state index in [4.69, 9.17) is 9.84 Å². The molecule has 8 heteroatoms. The van der Waals surface area contributed by atoms with Crippen LogP contribution in [0.25, 0.3) is 0 Å². The van der Waals surface area contributed by atoms with Crippen LogP contribution in [0.15, 0.2) is 60.7 Å². The Bertz CT molecular complexity index is 842. The molecular weight excluding hydrogens is 413 g/mol. The van der Waals surface area contributed by atoms with Gasteiger partial charge >= 0.3 is 12.1 Å². The third kappa shape index (κ3) is 8.41. The van der Waals surface area contributed by atoms with Crippen molar-refractivity contribution in [1.29, 1.82) is 0 Å². The molecular formula is C23H25F3O5. The number of halogens is 3. The quantitative estimate of drug-likeness (QED) is 0.391. The van der Waals surface area contributed by atoms with Gasteiger partial charge in [0.1, 0.15) is 18.5 Å². The second-order valence-electron chi connectivity index (χ2n) is 7.23. The number of carbonyl (C=O) groups excluding carboxylic acids is 1. The maximum atomic E-state index is 12.7. The highest BCUT2D eigenvalue weighted by Crippen LogP contribution is 2.31. The Balaban J connectivity index is 1.82. The summed E-state index contributed by atoms with van der Waals surface area (Å²) in [5.74, 6) is -1.38. The zero-order chi connectivity index (χ0) is 22.9. The van der Waals surface area contributed by atoms with E-state index >= 15 is 0 Å². The number of carboxylic acids is 1. The van der Waals surface area contributed by atoms with Crippen molar-refractivity contribution >= 4 is 11.8 Å². The van der Waals surface area contributed by atoms with E-state index in [1.807, 2.05) is 12.2 Å². The number of unbranched alkanes of at least 4 members (excludes halogenated alkanes) is 1. The maximum Gasteiger partial charge on any atom is 0.416 e. The maximum absolute atomic E-state index is 12.7. The van der Waals surface area contributed by atoms with Crippen LogP contribution in [0.4, 0.5) is 13.2 Å². The molecule has 0 heterocycles. The van der Waals surface area contributed by atoms with Gasteiger partial charge in [0.15, 0.2) is 5.78 Å². The van der Waals surface area contributed by atoms with Crippen LogP contribution < -0.4 is 4.74 Å². The van der Waals surface area contributed by atoms with Gasteiger partial charge in [0.2, 0.25) is 0 Å². The average molecular weight is 438 g/mol. The van der Waals surface area contributed by atoms with Crippen LogP contribution in [0.3, 0.4) is 0 Å². The predicted molar refractivity (Wildman–Crippen MR) is 108 cm³/mol. The van der Waals surface area contributed by atoms with Crippen LogP contribution in [0.1, 0.15) is 31.2 Å². The molecule has 0 aliphatic heterocycles. The third-order valence-corrected chi connectivity index (χ3v) is 4.77. The minimum absolute atomic E-state index is 0.00382. The van der Waals surface area contributed by atoms with Gasteiger partial charge in [-0.15, -0.1) is 0 Å². The zero-order valence-electron chi connectivity index (χ0n) is 16.8. The molecule has 2 rings (SSSR count). The lowest BCUT2D eigenvalue weighted by Crippen LogP contribution is -2.17. The molecule has 0 fully saturated rings. The van der Waals surface area contributed by atoms with Crippen LogP contribution >= 0.6 is 0 Å². The molecule has 0 unspecified atom stereocenters. The van der Waals surface area contributed by atoms with Gasteiger partial charge in [-0.3, -0.25) is 9.59 Å². The first-order valence-electron chi connectivity index (χ1n) is 9.92. The fourth-order valence-electron chi connectivity index (χ4n) is 3.11. The van der Waals surface area contributed by atoms with Gasteiger partial charge in [0, 0.05) is 18.3 Å². The number of aliphatic hydroxyl groups is 1. The van der Waals surface area contributed by atoms with Crippen molar-refractivity contribution in [2.45, 2.75) is 38.0 Å². The first-order valence-corrected chi connectivity index (χ1v) is 9.92. The summed E-state index contributed by atoms with van der Waals surface area (Å²) >= 11 is 0. The Morgan fingerprint density at radius 1 is 1.26 bits per heavy atom. The van der Waals surface area contributed by atoms with E-state index in [1.54, 1.807) is 12.2 Å². The number of benzene rings is 1. The Morgan fingerprint density at radius 2 is 2.03 bits per heavy atom. The van der Waals surface area contributed by atoms with Crippen LogP contribution in [0.5, 0.6) is 5.75 Å². The number of ketones is 1. The minimum atomic E-state index is -4.47. The van der Waals surface area contributed by atoms with Crippen molar-refractivity contribution in [3.63, 3.8) is 0 Å². The van der Waals surface area contributed by atoms with Crippen molar-refractivity contribution in [2.75, 3.05) is 6.61 Å². The Kier molecular flexibility index (Phi) is 9.05. The number of carboxylic acid groups (broad SMARTS) is 1. The van der Waals surface area contributed by atoms with E-state index in [0.29, 0.717) is 19.3 Å². The number of carbonyl (C=O) groups is 2. The van der Waals surface area contributed by atoms with Gasteiger partial charge in [-0.25, -0.2) is 0 Å². The molecule has 0 aromatic heterocycles. The summed E-state index contributed by atoms with van der Waals surface area (Å²) in [4.78, 5) is 22.5. The standard InChI is InChI=1S/C23H25F3O5/c24-23(25,26)17-6-5-7-19(14-17)31-15-18(27)12-10-16-11-13-21(28)20(16)8-3-1-2-4-9-22(29)30/h1,3,5-7,10-14,16,18,20,27H,2,4,8-9,15H2,(H,29,30)/t16-,18+,20+/m0/s1. The molecule has 0 saturated carbocycles. The van der Waals surface area contributed by atoms with Crippen LogP contribution in [-0.4, -0.2) is 34.7 Å². The van der Waals surface area contributed by atoms with E-state index < -0.39 is 23.8 Å². The number of allylic oxidation sites excluding steroid dienone is 5. The van der Waals surface area contributed by atoms with Crippen LogP contribution in [0.2, 0.25) is 0 Å². The SMILES string of the molecule is O=C(O)CCCC=CC[C@H]1C(=O)C=C[C@@H]1C=C[C@@H](O)COc1cccc(C(F)(F)F)c1. The smallest absolute Gasteiger partial charge is 0.416 e. The molecule has 5 nitrogen and oxygen atoms in total. The van der Waals surface area contributed by atoms with Gasteiger partial charge in [-0.2, -0.15) is 13.2 Å². The molecule has 0 amide bonds. The largest absolute Gasteiger partial charge is 0.491 e. The number of hydrogen-bond donors (Lipinski definition) is 2. The van der Waals surface area contributed by atoms with Gasteiger partial charge in [-0.1, -0.05) is 36.4 Å². The topological polar surface area (TPSA) is 83.8 Å². The summed E-state index contributed by atoms with van der Waals surface area (Å²) in [7, 11) is 0. The highest BCUT2D eigenvalue weighted by Gasteiger charge is 2.30. The number of aliphatic hydroxyl groups excluding tert-OH is 1. The van der Waals surface area contributed by atoms with E-state index in [2.05, 4.69) is 0 Å². The second-order valence-corrected chi connectivity index (χ2v) is 7.23. The summed E-state index contributed by atoms with van der Waals surface area (Å²) in [5.41, 5.74) is -0.830. The van der Waals surface area contributed by atoms with Crippen molar-refractivity contribution < 1.29 is 37.7 Å². The summed E-state index contributed by atoms with van der Waals surface area (Å²) in [6.45, 7) is -0.226. The third-order valence-electron chi connectivity index (χ3n) is 4.77. The lowest BCUT2D eigenvalue weighted by Gasteiger charge is -2.14. The molecule has 168 valence electrons. The van der Waals surface area contributed by atoms with E-state index in [0.717, 1.165) is 12.1 Å². The first kappa shape index (κ1) is 24.4. The number of ether oxygens (including phenoxy) is 1. The summed E-state index contributed by atoms with van der Waals surface area (Å²) in [5, 5.41) is 18.7. The number of rotatable bonds is 11. The van der Waals surface area contributed by atoms with E-state index in [9.17, 15) is 27.9 Å². The summed E-state index contributed by atoms with van der Waals surface area (Å²) < 4.78 is 43.4. The van der Waals surface area contributed by atoms with Crippen LogP contribution in [-0.2, 0) is 15.8 Å². The molecule has 1 aliphatic rings. The fourth-order valence-corrected chi connectivity index (χ4v) is 3.11. The predicted octanol–water partition coefficient (Wildman–Crippen LogP) is 4.57. The van der Waals surface area contributed by atoms with Gasteiger partial charge in [0.25, 0.3) is 0 Å². The van der Waals surface area contributed by atoms with Crippen molar-refractivity contribution in [2.24, 2.45) is 11.8 Å². The van der Waals surface area contributed by atoms with Gasteiger partial charge < -0.3 is 14.9 Å². The normalized spacial score (nSPS) is 20.1. The van der Waals surface area contributed by atoms with E-state index in [1.165, 1.54) is 24.3 Å². The minimum Gasteiger partial charge on any atom is -0.491 e. The van der Waals surface area contributed by atoms with Gasteiger partial charge in [0.05, 0.1) is 5.56 Å². The highest BCUT2D eigenvalue weighted by molar-refractivity contribution is 5.95. The zero-order valence-corrected chi connectivity index (χ0v) is 16.8. The molecule has 1 aliphatic carbocycles. The van der Waals surface area contributed by atoms with Crippen molar-refractivity contribution in [3.05, 3.63) is 66.3 Å². The van der Waals surface area contributed by atoms with Crippen LogP contribution in [0, 0.1) is 11.8 Å². The Morgan fingerprint density at radius 3 is 2.74 bits per heavy atom. The monoisotopic (exact) mass is 438 g/mol. The second kappa shape index (κ2) is 11.5. The summed E-state index contributed by atoms with van der Waals surface area (Å²) in [6.07, 6.45) is 6.30. The first-order chi connectivity index (χ1) is 14.7. The van der Waals surface area contributed by atoms with E-state index in [-0.39, 0.29) is 36.4 Å². The molecule has 0 spiro atoms. The molecule has 1 aromatic carbocycles. The molecule has 1 aromatic rings. The lowest BCUT2D eigenvalue weighted by molar-refractivity contribution is -0.138. The number of alkyl halides is 3. The molecule has 31 heavy (non-hydrogen) atoms. The average Bonchev–Trinajstić information content (AvgIpc) is 3.06. The fraction of sp³-hybridized carbons (Fsp3) is 0.391. The molecule has 0 radical (unpaired) electrons. The number of aliphatic carboxylic acids is 1. The lowest BCUT2D eigenvalue weighted by atomic mass is 9.90. The van der Waals surface area contributed by atoms with Gasteiger partial charge in [-0.05, 0) is 43.5 Å². The summed E-state index contributed by atoms with van der Waals surface area (Å²) in [6, 6.07) is 4.42. The molecule has 0 saturated heterocycles. The molecule has 3 atom stereocenters. The Labute approximate surface area is 178 Å². The number of hydrogen-bond acceptors (Lipinski definition) is 4. The molecule has 2 N–H and O–H groups in total. The molecule has 0 bridgehead atoms. The highest BCUT2D eigenvalue weighted by atomic mass is 19.4. The van der Waals surface area contributed by atoms with Crippen molar-refractivity contribution in [3.8, 4) is 5.75 Å². The Hall–Kier alpha value is -2.87.